The van der Waals surface area contributed by atoms with E-state index < -0.39 is 0 Å². The van der Waals surface area contributed by atoms with Crippen molar-refractivity contribution in [2.24, 2.45) is 7.05 Å². The molecule has 2 aromatic rings. The molecule has 1 saturated heterocycles. The summed E-state index contributed by atoms with van der Waals surface area (Å²) in [5, 5.41) is 12.8. The summed E-state index contributed by atoms with van der Waals surface area (Å²) in [4.78, 5) is 13.7. The molecule has 0 spiro atoms. The van der Waals surface area contributed by atoms with Gasteiger partial charge in [-0.2, -0.15) is 5.10 Å². The van der Waals surface area contributed by atoms with Crippen molar-refractivity contribution in [2.45, 2.75) is 32.2 Å². The third kappa shape index (κ3) is 3.35. The molecule has 0 unspecified atom stereocenters. The summed E-state index contributed by atoms with van der Waals surface area (Å²) < 4.78 is 8.94. The summed E-state index contributed by atoms with van der Waals surface area (Å²) in [7, 11) is 1.97. The summed E-state index contributed by atoms with van der Waals surface area (Å²) in [6, 6.07) is 1.88. The second-order valence-electron chi connectivity index (χ2n) is 5.72. The highest BCUT2D eigenvalue weighted by atomic mass is 16.6. The Balaban J connectivity index is 1.71. The Morgan fingerprint density at radius 1 is 1.43 bits per heavy atom. The van der Waals surface area contributed by atoms with Crippen LogP contribution in [0.2, 0.25) is 0 Å². The molecule has 1 aliphatic rings. The zero-order valence-electron chi connectivity index (χ0n) is 13.6. The van der Waals surface area contributed by atoms with Gasteiger partial charge in [0, 0.05) is 38.4 Å². The number of nitrogens with zero attached hydrogens (tertiary/aromatic N) is 6. The number of carbonyl (C=O) groups excluding carboxylic acids is 1. The van der Waals surface area contributed by atoms with Crippen molar-refractivity contribution in [2.75, 3.05) is 19.7 Å². The third-order valence-electron chi connectivity index (χ3n) is 4.17. The second-order valence-corrected chi connectivity index (χ2v) is 5.72. The Hall–Kier alpha value is -2.38. The predicted octanol–water partition coefficient (Wildman–Crippen LogP) is 1.40. The number of ether oxygens (including phenoxy) is 1. The molecule has 8 heteroatoms. The highest BCUT2D eigenvalue weighted by Gasteiger charge is 2.29. The van der Waals surface area contributed by atoms with Crippen molar-refractivity contribution in [1.29, 1.82) is 0 Å². The average molecular weight is 318 g/mol. The Labute approximate surface area is 135 Å². The molecule has 1 amide bonds. The van der Waals surface area contributed by atoms with Gasteiger partial charge in [0.2, 0.25) is 0 Å². The van der Waals surface area contributed by atoms with Crippen LogP contribution in [0.15, 0.2) is 18.5 Å². The molecule has 3 rings (SSSR count). The van der Waals surface area contributed by atoms with Gasteiger partial charge in [-0.05, 0) is 25.8 Å². The fourth-order valence-electron chi connectivity index (χ4n) is 2.98. The minimum Gasteiger partial charge on any atom is -0.450 e. The van der Waals surface area contributed by atoms with E-state index in [1.54, 1.807) is 11.1 Å². The lowest BCUT2D eigenvalue weighted by Gasteiger charge is -2.31. The second kappa shape index (κ2) is 6.80. The van der Waals surface area contributed by atoms with Gasteiger partial charge in [-0.1, -0.05) is 0 Å². The number of hydrogen-bond donors (Lipinski definition) is 0. The van der Waals surface area contributed by atoms with Gasteiger partial charge in [-0.25, -0.2) is 4.79 Å². The van der Waals surface area contributed by atoms with E-state index in [0.717, 1.165) is 31.0 Å². The maximum absolute atomic E-state index is 11.9. The molecule has 1 atom stereocenters. The van der Waals surface area contributed by atoms with E-state index in [2.05, 4.69) is 15.3 Å². The van der Waals surface area contributed by atoms with Gasteiger partial charge in [-0.3, -0.25) is 4.68 Å². The van der Waals surface area contributed by atoms with Gasteiger partial charge in [0.05, 0.1) is 6.61 Å². The summed E-state index contributed by atoms with van der Waals surface area (Å²) in [6.07, 6.45) is 5.36. The van der Waals surface area contributed by atoms with Crippen LogP contribution < -0.4 is 0 Å². The maximum atomic E-state index is 11.9. The van der Waals surface area contributed by atoms with Crippen molar-refractivity contribution >= 4 is 6.09 Å². The number of aromatic nitrogens is 5. The fourth-order valence-corrected chi connectivity index (χ4v) is 2.98. The zero-order valence-corrected chi connectivity index (χ0v) is 13.6. The number of amides is 1. The fraction of sp³-hybridized carbons (Fsp3) is 0.600. The molecule has 0 N–H and O–H groups in total. The summed E-state index contributed by atoms with van der Waals surface area (Å²) >= 11 is 0. The average Bonchev–Trinajstić information content (AvgIpc) is 3.19. The molecular formula is C15H22N6O2. The van der Waals surface area contributed by atoms with Crippen LogP contribution in [0.25, 0.3) is 0 Å². The maximum Gasteiger partial charge on any atom is 0.409 e. The first kappa shape index (κ1) is 15.5. The monoisotopic (exact) mass is 318 g/mol. The molecule has 0 bridgehead atoms. The minimum atomic E-state index is -0.240. The number of likely N-dealkylation sites (tertiary alicyclic amines) is 1. The zero-order chi connectivity index (χ0) is 16.2. The summed E-state index contributed by atoms with van der Waals surface area (Å²) in [5.41, 5.74) is 0. The van der Waals surface area contributed by atoms with Gasteiger partial charge >= 0.3 is 6.09 Å². The topological polar surface area (TPSA) is 78.1 Å². The van der Waals surface area contributed by atoms with Crippen molar-refractivity contribution < 1.29 is 9.53 Å². The van der Waals surface area contributed by atoms with E-state index in [0.29, 0.717) is 19.7 Å². The van der Waals surface area contributed by atoms with Crippen molar-refractivity contribution in [3.63, 3.8) is 0 Å². The lowest BCUT2D eigenvalue weighted by atomic mass is 9.97. The largest absolute Gasteiger partial charge is 0.450 e. The van der Waals surface area contributed by atoms with Crippen molar-refractivity contribution in [3.8, 4) is 0 Å². The van der Waals surface area contributed by atoms with Gasteiger partial charge in [0.15, 0.2) is 5.82 Å². The quantitative estimate of drug-likeness (QED) is 0.851. The molecule has 0 saturated carbocycles. The van der Waals surface area contributed by atoms with E-state index >= 15 is 0 Å². The van der Waals surface area contributed by atoms with Crippen LogP contribution in [-0.2, 0) is 18.3 Å². The van der Waals surface area contributed by atoms with Crippen LogP contribution in [-0.4, -0.2) is 55.2 Å². The smallest absolute Gasteiger partial charge is 0.409 e. The van der Waals surface area contributed by atoms with Crippen LogP contribution in [0.3, 0.4) is 0 Å². The molecule has 8 nitrogen and oxygen atoms in total. The van der Waals surface area contributed by atoms with Crippen LogP contribution in [0.5, 0.6) is 0 Å². The summed E-state index contributed by atoms with van der Waals surface area (Å²) in [5.74, 6) is 1.97. The minimum absolute atomic E-state index is 0.192. The Kier molecular flexibility index (Phi) is 4.59. The lowest BCUT2D eigenvalue weighted by molar-refractivity contribution is 0.0949. The third-order valence-corrected chi connectivity index (χ3v) is 4.17. The first-order valence-corrected chi connectivity index (χ1v) is 7.96. The van der Waals surface area contributed by atoms with E-state index in [4.69, 9.17) is 4.74 Å². The first-order valence-electron chi connectivity index (χ1n) is 7.96. The van der Waals surface area contributed by atoms with Gasteiger partial charge in [0.1, 0.15) is 12.4 Å². The van der Waals surface area contributed by atoms with Gasteiger partial charge in [0.25, 0.3) is 0 Å². The van der Waals surface area contributed by atoms with E-state index in [-0.39, 0.29) is 12.0 Å². The van der Waals surface area contributed by atoms with E-state index in [1.807, 2.05) is 35.5 Å². The Morgan fingerprint density at radius 2 is 2.30 bits per heavy atom. The number of piperidine rings is 1. The van der Waals surface area contributed by atoms with Gasteiger partial charge < -0.3 is 14.2 Å². The van der Waals surface area contributed by atoms with Crippen LogP contribution >= 0.6 is 0 Å². The molecular weight excluding hydrogens is 296 g/mol. The van der Waals surface area contributed by atoms with Crippen LogP contribution in [0.1, 0.15) is 37.3 Å². The van der Waals surface area contributed by atoms with Crippen LogP contribution in [0, 0.1) is 0 Å². The molecule has 0 aromatic carbocycles. The highest BCUT2D eigenvalue weighted by Crippen LogP contribution is 2.26. The Bertz CT molecular complexity index is 651. The van der Waals surface area contributed by atoms with E-state index in [9.17, 15) is 4.79 Å². The normalized spacial score (nSPS) is 18.2. The van der Waals surface area contributed by atoms with Gasteiger partial charge in [-0.15, -0.1) is 10.2 Å². The predicted molar refractivity (Wildman–Crippen MR) is 82.9 cm³/mol. The summed E-state index contributed by atoms with van der Waals surface area (Å²) in [6.45, 7) is 4.19. The standard InChI is InChI=1S/C15H22N6O2/c1-3-23-15(22)20-8-4-6-12(10-20)14-18-17-13(19(14)2)11-21-9-5-7-16-21/h5,7,9,12H,3-4,6,8,10-11H2,1-2H3/t12-/m0/s1. The number of carbonyl (C=O) groups is 1. The van der Waals surface area contributed by atoms with Crippen molar-refractivity contribution in [3.05, 3.63) is 30.1 Å². The molecule has 0 radical (unpaired) electrons. The molecule has 124 valence electrons. The SMILES string of the molecule is CCOC(=O)N1CCC[C@H](c2nnc(Cn3cccn3)n2C)C1. The van der Waals surface area contributed by atoms with E-state index in [1.165, 1.54) is 0 Å². The molecule has 2 aromatic heterocycles. The number of hydrogen-bond acceptors (Lipinski definition) is 5. The number of rotatable bonds is 4. The lowest BCUT2D eigenvalue weighted by Crippen LogP contribution is -2.40. The van der Waals surface area contributed by atoms with Crippen molar-refractivity contribution in [1.82, 2.24) is 29.4 Å². The highest BCUT2D eigenvalue weighted by molar-refractivity contribution is 5.67. The Morgan fingerprint density at radius 3 is 3.04 bits per heavy atom. The molecule has 23 heavy (non-hydrogen) atoms. The van der Waals surface area contributed by atoms with Crippen LogP contribution in [0.4, 0.5) is 4.79 Å². The molecule has 0 aliphatic carbocycles. The molecule has 3 heterocycles. The molecule has 1 fully saturated rings. The molecule has 1 aliphatic heterocycles. The first-order chi connectivity index (χ1) is 11.2.